The Hall–Kier alpha value is -1.79. The molecule has 1 fully saturated rings. The average Bonchev–Trinajstić information content (AvgIpc) is 2.62. The van der Waals surface area contributed by atoms with E-state index in [0.717, 1.165) is 43.1 Å². The lowest BCUT2D eigenvalue weighted by atomic mass is 10.1. The van der Waals surface area contributed by atoms with Crippen LogP contribution in [0, 0.1) is 5.92 Å². The second kappa shape index (κ2) is 9.24. The highest BCUT2D eigenvalue weighted by Crippen LogP contribution is 2.30. The van der Waals surface area contributed by atoms with E-state index in [9.17, 15) is 4.79 Å². The van der Waals surface area contributed by atoms with Gasteiger partial charge in [0.25, 0.3) is 5.91 Å². The SMILES string of the molecule is CC(C)CN(Cc1ccc2c(c1)OCCCCO2)C(=O)C1CNCCO1. The molecular formula is C20H30N2O4. The van der Waals surface area contributed by atoms with Crippen LogP contribution < -0.4 is 14.8 Å². The molecule has 1 aromatic carbocycles. The molecule has 26 heavy (non-hydrogen) atoms. The Morgan fingerprint density at radius 3 is 2.65 bits per heavy atom. The number of amides is 1. The lowest BCUT2D eigenvalue weighted by molar-refractivity contribution is -0.146. The summed E-state index contributed by atoms with van der Waals surface area (Å²) in [5.41, 5.74) is 1.05. The van der Waals surface area contributed by atoms with Gasteiger partial charge in [0.05, 0.1) is 19.8 Å². The number of carbonyl (C=O) groups is 1. The van der Waals surface area contributed by atoms with E-state index in [1.54, 1.807) is 0 Å². The fourth-order valence-corrected chi connectivity index (χ4v) is 3.27. The van der Waals surface area contributed by atoms with Gasteiger partial charge in [0.15, 0.2) is 11.5 Å². The largest absolute Gasteiger partial charge is 0.490 e. The molecule has 6 nitrogen and oxygen atoms in total. The highest BCUT2D eigenvalue weighted by molar-refractivity contribution is 5.81. The first kappa shape index (κ1) is 19.0. The minimum atomic E-state index is -0.397. The normalized spacial score (nSPS) is 20.3. The first-order valence-corrected chi connectivity index (χ1v) is 9.63. The van der Waals surface area contributed by atoms with Crippen LogP contribution in [0.4, 0.5) is 0 Å². The van der Waals surface area contributed by atoms with Gasteiger partial charge in [-0.05, 0) is 36.5 Å². The van der Waals surface area contributed by atoms with Crippen LogP contribution in [0.5, 0.6) is 11.5 Å². The molecule has 144 valence electrons. The molecule has 0 saturated carbocycles. The van der Waals surface area contributed by atoms with Crippen LogP contribution in [-0.4, -0.2) is 56.4 Å². The highest BCUT2D eigenvalue weighted by atomic mass is 16.5. The molecule has 1 N–H and O–H groups in total. The third-order valence-electron chi connectivity index (χ3n) is 4.54. The third-order valence-corrected chi connectivity index (χ3v) is 4.54. The molecule has 2 heterocycles. The predicted octanol–water partition coefficient (Wildman–Crippen LogP) is 2.21. The number of nitrogens with one attached hydrogen (secondary N) is 1. The predicted molar refractivity (Wildman–Crippen MR) is 99.5 cm³/mol. The Morgan fingerprint density at radius 2 is 1.96 bits per heavy atom. The van der Waals surface area contributed by atoms with E-state index >= 15 is 0 Å². The lowest BCUT2D eigenvalue weighted by Crippen LogP contribution is -2.49. The Balaban J connectivity index is 1.73. The smallest absolute Gasteiger partial charge is 0.253 e. The van der Waals surface area contributed by atoms with Gasteiger partial charge >= 0.3 is 0 Å². The molecule has 2 aliphatic heterocycles. The van der Waals surface area contributed by atoms with Gasteiger partial charge in [-0.25, -0.2) is 0 Å². The molecular weight excluding hydrogens is 332 g/mol. The maximum Gasteiger partial charge on any atom is 0.253 e. The Bertz CT molecular complexity index is 599. The van der Waals surface area contributed by atoms with Crippen LogP contribution in [0.2, 0.25) is 0 Å². The quantitative estimate of drug-likeness (QED) is 0.870. The second-order valence-corrected chi connectivity index (χ2v) is 7.36. The molecule has 0 bridgehead atoms. The fraction of sp³-hybridized carbons (Fsp3) is 0.650. The minimum absolute atomic E-state index is 0.0508. The number of hydrogen-bond donors (Lipinski definition) is 1. The monoisotopic (exact) mass is 362 g/mol. The maximum atomic E-state index is 12.9. The minimum Gasteiger partial charge on any atom is -0.490 e. The number of ether oxygens (including phenoxy) is 3. The summed E-state index contributed by atoms with van der Waals surface area (Å²) in [6.07, 6.45) is 1.60. The van der Waals surface area contributed by atoms with Crippen molar-refractivity contribution in [2.75, 3.05) is 39.5 Å². The van der Waals surface area contributed by atoms with Crippen molar-refractivity contribution in [1.82, 2.24) is 10.2 Å². The van der Waals surface area contributed by atoms with E-state index in [2.05, 4.69) is 19.2 Å². The van der Waals surface area contributed by atoms with Crippen molar-refractivity contribution in [3.8, 4) is 11.5 Å². The van der Waals surface area contributed by atoms with Gasteiger partial charge in [0.2, 0.25) is 0 Å². The van der Waals surface area contributed by atoms with Crippen molar-refractivity contribution in [2.24, 2.45) is 5.92 Å². The van der Waals surface area contributed by atoms with Crippen LogP contribution in [0.3, 0.4) is 0 Å². The zero-order chi connectivity index (χ0) is 18.4. The van der Waals surface area contributed by atoms with E-state index in [1.165, 1.54) is 0 Å². The van der Waals surface area contributed by atoms with Gasteiger partial charge < -0.3 is 24.4 Å². The van der Waals surface area contributed by atoms with Gasteiger partial charge in [-0.2, -0.15) is 0 Å². The number of nitrogens with zero attached hydrogens (tertiary/aromatic N) is 1. The number of hydrogen-bond acceptors (Lipinski definition) is 5. The fourth-order valence-electron chi connectivity index (χ4n) is 3.27. The number of carbonyl (C=O) groups excluding carboxylic acids is 1. The number of benzene rings is 1. The molecule has 2 aliphatic rings. The van der Waals surface area contributed by atoms with E-state index in [4.69, 9.17) is 14.2 Å². The lowest BCUT2D eigenvalue weighted by Gasteiger charge is -2.31. The van der Waals surface area contributed by atoms with Gasteiger partial charge in [-0.3, -0.25) is 4.79 Å². The highest BCUT2D eigenvalue weighted by Gasteiger charge is 2.27. The number of rotatable bonds is 5. The van der Waals surface area contributed by atoms with Crippen LogP contribution in [0.1, 0.15) is 32.3 Å². The Kier molecular flexibility index (Phi) is 6.74. The Labute approximate surface area is 155 Å². The second-order valence-electron chi connectivity index (χ2n) is 7.36. The summed E-state index contributed by atoms with van der Waals surface area (Å²) >= 11 is 0. The zero-order valence-corrected chi connectivity index (χ0v) is 15.8. The molecule has 1 aromatic rings. The summed E-state index contributed by atoms with van der Waals surface area (Å²) in [6, 6.07) is 5.97. The molecule has 1 atom stereocenters. The molecule has 0 aromatic heterocycles. The molecule has 6 heteroatoms. The Morgan fingerprint density at radius 1 is 1.19 bits per heavy atom. The maximum absolute atomic E-state index is 12.9. The standard InChI is InChI=1S/C20H30N2O4/c1-15(2)13-22(20(23)19-12-21-7-10-26-19)14-16-5-6-17-18(11-16)25-9-4-3-8-24-17/h5-6,11,15,19,21H,3-4,7-10,12-14H2,1-2H3. The van der Waals surface area contributed by atoms with Crippen molar-refractivity contribution >= 4 is 5.91 Å². The number of fused-ring (bicyclic) bond motifs is 1. The van der Waals surface area contributed by atoms with Crippen molar-refractivity contribution in [3.63, 3.8) is 0 Å². The van der Waals surface area contributed by atoms with Crippen LogP contribution in [0.25, 0.3) is 0 Å². The molecule has 3 rings (SSSR count). The zero-order valence-electron chi connectivity index (χ0n) is 15.8. The first-order chi connectivity index (χ1) is 12.6. The van der Waals surface area contributed by atoms with Gasteiger partial charge in [-0.1, -0.05) is 19.9 Å². The van der Waals surface area contributed by atoms with Gasteiger partial charge in [-0.15, -0.1) is 0 Å². The van der Waals surface area contributed by atoms with Crippen molar-refractivity contribution < 1.29 is 19.0 Å². The summed E-state index contributed by atoms with van der Waals surface area (Å²) in [6.45, 7) is 8.88. The molecule has 0 radical (unpaired) electrons. The van der Waals surface area contributed by atoms with Gasteiger partial charge in [0.1, 0.15) is 6.10 Å². The van der Waals surface area contributed by atoms with E-state index < -0.39 is 6.10 Å². The molecule has 1 amide bonds. The van der Waals surface area contributed by atoms with E-state index in [0.29, 0.717) is 38.8 Å². The van der Waals surface area contributed by atoms with Crippen LogP contribution in [-0.2, 0) is 16.1 Å². The molecule has 1 unspecified atom stereocenters. The summed E-state index contributed by atoms with van der Waals surface area (Å²) in [5, 5.41) is 3.23. The summed E-state index contributed by atoms with van der Waals surface area (Å²) in [7, 11) is 0. The summed E-state index contributed by atoms with van der Waals surface area (Å²) in [4.78, 5) is 14.8. The average molecular weight is 362 g/mol. The van der Waals surface area contributed by atoms with Gasteiger partial charge in [0, 0.05) is 26.2 Å². The topological polar surface area (TPSA) is 60.0 Å². The molecule has 0 spiro atoms. The van der Waals surface area contributed by atoms with Crippen molar-refractivity contribution in [2.45, 2.75) is 39.3 Å². The van der Waals surface area contributed by atoms with Crippen molar-refractivity contribution in [1.29, 1.82) is 0 Å². The van der Waals surface area contributed by atoms with Crippen molar-refractivity contribution in [3.05, 3.63) is 23.8 Å². The van der Waals surface area contributed by atoms with Crippen LogP contribution in [0.15, 0.2) is 18.2 Å². The summed E-state index contributed by atoms with van der Waals surface area (Å²) in [5.74, 6) is 2.00. The summed E-state index contributed by atoms with van der Waals surface area (Å²) < 4.78 is 17.3. The molecule has 1 saturated heterocycles. The number of morpholine rings is 1. The van der Waals surface area contributed by atoms with E-state index in [1.807, 2.05) is 23.1 Å². The first-order valence-electron chi connectivity index (χ1n) is 9.63. The molecule has 0 aliphatic carbocycles. The van der Waals surface area contributed by atoms with E-state index in [-0.39, 0.29) is 5.91 Å². The third kappa shape index (κ3) is 5.11. The van der Waals surface area contributed by atoms with Crippen LogP contribution >= 0.6 is 0 Å².